The monoisotopic (exact) mass is 490 g/mol. The van der Waals surface area contributed by atoms with Crippen LogP contribution in [-0.4, -0.2) is 71.9 Å². The molecule has 2 aromatic rings. The summed E-state index contributed by atoms with van der Waals surface area (Å²) in [5.41, 5.74) is -0.120. The van der Waals surface area contributed by atoms with Crippen molar-refractivity contribution in [2.24, 2.45) is 0 Å². The number of nitrogens with zero attached hydrogens (tertiary/aromatic N) is 4. The molecule has 184 valence electrons. The molecule has 0 bridgehead atoms. The van der Waals surface area contributed by atoms with E-state index >= 15 is 0 Å². The number of hydrogen-bond acceptors (Lipinski definition) is 7. The SMILES string of the molecule is CC(=O)N(c1nc(/C=C/C(=O)N(CCN(C)C)CC(=O)OC(C)(C)C)cs1)c1ccccc1F. The number of benzene rings is 1. The van der Waals surface area contributed by atoms with Crippen molar-refractivity contribution < 1.29 is 23.5 Å². The zero-order valence-electron chi connectivity index (χ0n) is 20.4. The highest BCUT2D eigenvalue weighted by atomic mass is 32.1. The lowest BCUT2D eigenvalue weighted by Crippen LogP contribution is -2.41. The van der Waals surface area contributed by atoms with E-state index < -0.39 is 23.3 Å². The molecule has 0 atom stereocenters. The van der Waals surface area contributed by atoms with Crippen molar-refractivity contribution in [2.75, 3.05) is 38.6 Å². The van der Waals surface area contributed by atoms with Crippen molar-refractivity contribution in [3.63, 3.8) is 0 Å². The summed E-state index contributed by atoms with van der Waals surface area (Å²) in [7, 11) is 3.75. The van der Waals surface area contributed by atoms with E-state index in [1.807, 2.05) is 19.0 Å². The number of hydrogen-bond donors (Lipinski definition) is 0. The Balaban J connectivity index is 2.18. The van der Waals surface area contributed by atoms with E-state index in [-0.39, 0.29) is 23.3 Å². The molecule has 0 unspecified atom stereocenters. The lowest BCUT2D eigenvalue weighted by Gasteiger charge is -2.25. The topological polar surface area (TPSA) is 83.1 Å². The van der Waals surface area contributed by atoms with Gasteiger partial charge in [0.25, 0.3) is 0 Å². The van der Waals surface area contributed by atoms with Gasteiger partial charge in [-0.25, -0.2) is 9.37 Å². The molecule has 0 aliphatic rings. The van der Waals surface area contributed by atoms with Gasteiger partial charge in [-0.1, -0.05) is 12.1 Å². The van der Waals surface area contributed by atoms with Crippen LogP contribution in [0.15, 0.2) is 35.7 Å². The van der Waals surface area contributed by atoms with Crippen molar-refractivity contribution >= 4 is 46.0 Å². The van der Waals surface area contributed by atoms with Gasteiger partial charge in [0.2, 0.25) is 11.8 Å². The maximum Gasteiger partial charge on any atom is 0.326 e. The van der Waals surface area contributed by atoms with E-state index in [9.17, 15) is 18.8 Å². The zero-order valence-corrected chi connectivity index (χ0v) is 21.2. The van der Waals surface area contributed by atoms with Gasteiger partial charge in [0.1, 0.15) is 18.0 Å². The fourth-order valence-corrected chi connectivity index (χ4v) is 3.72. The molecule has 1 aromatic carbocycles. The molecule has 0 N–H and O–H groups in total. The van der Waals surface area contributed by atoms with Crippen LogP contribution in [0.3, 0.4) is 0 Å². The number of anilines is 2. The van der Waals surface area contributed by atoms with Gasteiger partial charge in [0.05, 0.1) is 11.4 Å². The Hall–Kier alpha value is -3.11. The van der Waals surface area contributed by atoms with Crippen molar-refractivity contribution in [3.8, 4) is 0 Å². The molecule has 2 rings (SSSR count). The molecule has 10 heteroatoms. The van der Waals surface area contributed by atoms with Crippen LogP contribution < -0.4 is 4.90 Å². The summed E-state index contributed by atoms with van der Waals surface area (Å²) < 4.78 is 19.6. The minimum atomic E-state index is -0.652. The van der Waals surface area contributed by atoms with Crippen molar-refractivity contribution in [3.05, 3.63) is 47.2 Å². The van der Waals surface area contributed by atoms with Crippen LogP contribution in [0.1, 0.15) is 33.4 Å². The van der Waals surface area contributed by atoms with Crippen LogP contribution in [0.25, 0.3) is 6.08 Å². The van der Waals surface area contributed by atoms with Crippen LogP contribution >= 0.6 is 11.3 Å². The summed E-state index contributed by atoms with van der Waals surface area (Å²) >= 11 is 1.15. The molecule has 1 aromatic heterocycles. The van der Waals surface area contributed by atoms with Crippen molar-refractivity contribution in [1.29, 1.82) is 0 Å². The summed E-state index contributed by atoms with van der Waals surface area (Å²) in [6.45, 7) is 7.35. The first-order chi connectivity index (χ1) is 15.9. The van der Waals surface area contributed by atoms with E-state index in [1.165, 1.54) is 47.1 Å². The minimum absolute atomic E-state index is 0.100. The third-order valence-corrected chi connectivity index (χ3v) is 5.22. The predicted octanol–water partition coefficient (Wildman–Crippen LogP) is 3.71. The van der Waals surface area contributed by atoms with Crippen LogP contribution in [-0.2, 0) is 19.1 Å². The molecule has 8 nitrogen and oxygen atoms in total. The average Bonchev–Trinajstić information content (AvgIpc) is 3.17. The van der Waals surface area contributed by atoms with Gasteiger partial charge in [-0.3, -0.25) is 19.3 Å². The molecule has 0 spiro atoms. The number of rotatable bonds is 9. The highest BCUT2D eigenvalue weighted by Crippen LogP contribution is 2.31. The normalized spacial score (nSPS) is 11.6. The molecule has 0 aliphatic carbocycles. The van der Waals surface area contributed by atoms with Crippen LogP contribution in [0, 0.1) is 5.82 Å². The first-order valence-corrected chi connectivity index (χ1v) is 11.6. The molecular weight excluding hydrogens is 459 g/mol. The first-order valence-electron chi connectivity index (χ1n) is 10.7. The van der Waals surface area contributed by atoms with Crippen molar-refractivity contribution in [2.45, 2.75) is 33.3 Å². The van der Waals surface area contributed by atoms with E-state index in [0.717, 1.165) is 11.3 Å². The van der Waals surface area contributed by atoms with E-state index in [2.05, 4.69) is 4.98 Å². The molecule has 2 amide bonds. The summed E-state index contributed by atoms with van der Waals surface area (Å²) in [4.78, 5) is 46.1. The van der Waals surface area contributed by atoms with E-state index in [1.54, 1.807) is 32.2 Å². The van der Waals surface area contributed by atoms with Crippen molar-refractivity contribution in [1.82, 2.24) is 14.8 Å². The lowest BCUT2D eigenvalue weighted by molar-refractivity contribution is -0.158. The highest BCUT2D eigenvalue weighted by Gasteiger charge is 2.22. The molecule has 0 saturated carbocycles. The average molecular weight is 491 g/mol. The molecule has 34 heavy (non-hydrogen) atoms. The number of carbonyl (C=O) groups is 3. The van der Waals surface area contributed by atoms with Crippen LogP contribution in [0.5, 0.6) is 0 Å². The number of halogens is 1. The number of amides is 2. The number of thiazole rings is 1. The Morgan fingerprint density at radius 2 is 1.82 bits per heavy atom. The molecule has 0 fully saturated rings. The maximum atomic E-state index is 14.2. The number of ether oxygens (including phenoxy) is 1. The summed E-state index contributed by atoms with van der Waals surface area (Å²) in [6, 6.07) is 5.94. The summed E-state index contributed by atoms with van der Waals surface area (Å²) in [5, 5.41) is 1.94. The van der Waals surface area contributed by atoms with Gasteiger partial charge in [-0.05, 0) is 53.1 Å². The largest absolute Gasteiger partial charge is 0.459 e. The van der Waals surface area contributed by atoms with Gasteiger partial charge in [0, 0.05) is 31.5 Å². The Bertz CT molecular complexity index is 1050. The van der Waals surface area contributed by atoms with Gasteiger partial charge >= 0.3 is 5.97 Å². The Morgan fingerprint density at radius 3 is 2.41 bits per heavy atom. The Morgan fingerprint density at radius 1 is 1.15 bits per heavy atom. The summed E-state index contributed by atoms with van der Waals surface area (Å²) in [5.74, 6) is -1.80. The number of carbonyl (C=O) groups excluding carboxylic acids is 3. The number of likely N-dealkylation sites (N-methyl/N-ethyl adjacent to an activating group) is 1. The van der Waals surface area contributed by atoms with E-state index in [0.29, 0.717) is 18.8 Å². The maximum absolute atomic E-state index is 14.2. The third-order valence-electron chi connectivity index (χ3n) is 4.37. The number of esters is 1. The zero-order chi connectivity index (χ0) is 25.5. The minimum Gasteiger partial charge on any atom is -0.459 e. The second-order valence-electron chi connectivity index (χ2n) is 8.84. The fraction of sp³-hybridized carbons (Fsp3) is 0.417. The number of aromatic nitrogens is 1. The Labute approximate surface area is 203 Å². The van der Waals surface area contributed by atoms with Gasteiger partial charge in [-0.2, -0.15) is 0 Å². The lowest BCUT2D eigenvalue weighted by atomic mass is 10.2. The number of para-hydroxylation sites is 1. The summed E-state index contributed by atoms with van der Waals surface area (Å²) in [6.07, 6.45) is 2.82. The van der Waals surface area contributed by atoms with Gasteiger partial charge in [0.15, 0.2) is 5.13 Å². The molecule has 1 heterocycles. The first kappa shape index (κ1) is 27.1. The smallest absolute Gasteiger partial charge is 0.326 e. The second-order valence-corrected chi connectivity index (χ2v) is 9.68. The van der Waals surface area contributed by atoms with Crippen LogP contribution in [0.2, 0.25) is 0 Å². The second kappa shape index (κ2) is 11.8. The predicted molar refractivity (Wildman–Crippen MR) is 131 cm³/mol. The molecule has 0 radical (unpaired) electrons. The third kappa shape index (κ3) is 8.35. The quantitative estimate of drug-likeness (QED) is 0.394. The van der Waals surface area contributed by atoms with Gasteiger partial charge < -0.3 is 14.5 Å². The van der Waals surface area contributed by atoms with Crippen LogP contribution in [0.4, 0.5) is 15.2 Å². The molecule has 0 saturated heterocycles. The van der Waals surface area contributed by atoms with E-state index in [4.69, 9.17) is 4.74 Å². The fourth-order valence-electron chi connectivity index (χ4n) is 2.88. The molecule has 0 aliphatic heterocycles. The standard InChI is InChI=1S/C24H31FN4O4S/c1-17(30)29(20-10-8-7-9-19(20)25)23-26-18(16-34-23)11-12-21(31)28(14-13-27(5)6)15-22(32)33-24(2,3)4/h7-12,16H,13-15H2,1-6H3/b12-11+. The molecular formula is C24H31FN4O4S. The Kier molecular flexibility index (Phi) is 9.46. The highest BCUT2D eigenvalue weighted by molar-refractivity contribution is 7.14. The van der Waals surface area contributed by atoms with Gasteiger partial charge in [-0.15, -0.1) is 11.3 Å².